The first-order valence-electron chi connectivity index (χ1n) is 7.74. The lowest BCUT2D eigenvalue weighted by atomic mass is 10.1. The van der Waals surface area contributed by atoms with Crippen LogP contribution in [0.5, 0.6) is 0 Å². The number of anilines is 1. The van der Waals surface area contributed by atoms with Gasteiger partial charge in [0, 0.05) is 36.6 Å². The quantitative estimate of drug-likeness (QED) is 0.737. The zero-order valence-corrected chi connectivity index (χ0v) is 13.4. The highest BCUT2D eigenvalue weighted by molar-refractivity contribution is 6.01. The number of carbonyl (C=O) groups is 1. The van der Waals surface area contributed by atoms with Crippen molar-refractivity contribution in [1.29, 1.82) is 0 Å². The maximum absolute atomic E-state index is 14.1. The van der Waals surface area contributed by atoms with Crippen molar-refractivity contribution in [3.63, 3.8) is 0 Å². The minimum atomic E-state index is -0.664. The molecular weight excluding hydrogens is 326 g/mol. The average molecular weight is 340 g/mol. The fourth-order valence-electron chi connectivity index (χ4n) is 2.98. The van der Waals surface area contributed by atoms with E-state index in [-0.39, 0.29) is 17.9 Å². The molecule has 3 aromatic rings. The maximum atomic E-state index is 14.1. The van der Waals surface area contributed by atoms with Crippen LogP contribution in [0.4, 0.5) is 14.5 Å². The Morgan fingerprint density at radius 3 is 2.76 bits per heavy atom. The summed E-state index contributed by atoms with van der Waals surface area (Å²) in [5.41, 5.74) is 2.77. The zero-order chi connectivity index (χ0) is 17.6. The van der Waals surface area contributed by atoms with Gasteiger partial charge in [0.1, 0.15) is 11.6 Å². The Kier molecular flexibility index (Phi) is 3.56. The minimum absolute atomic E-state index is 0.0788. The van der Waals surface area contributed by atoms with E-state index in [1.54, 1.807) is 28.9 Å². The van der Waals surface area contributed by atoms with Crippen molar-refractivity contribution in [1.82, 2.24) is 14.8 Å². The summed E-state index contributed by atoms with van der Waals surface area (Å²) in [6.45, 7) is 0.323. The number of pyridine rings is 1. The molecule has 1 aliphatic rings. The van der Waals surface area contributed by atoms with Crippen LogP contribution in [0.25, 0.3) is 11.1 Å². The molecule has 0 aliphatic carbocycles. The molecule has 2 aromatic heterocycles. The van der Waals surface area contributed by atoms with E-state index in [1.165, 1.54) is 18.3 Å². The highest BCUT2D eigenvalue weighted by atomic mass is 19.1. The Hall–Kier alpha value is -3.09. The van der Waals surface area contributed by atoms with E-state index in [2.05, 4.69) is 10.1 Å². The van der Waals surface area contributed by atoms with Crippen molar-refractivity contribution in [2.75, 3.05) is 4.90 Å². The monoisotopic (exact) mass is 340 g/mol. The second-order valence-electron chi connectivity index (χ2n) is 5.95. The van der Waals surface area contributed by atoms with E-state index in [0.717, 1.165) is 11.8 Å². The van der Waals surface area contributed by atoms with Gasteiger partial charge >= 0.3 is 0 Å². The van der Waals surface area contributed by atoms with Gasteiger partial charge in [-0.1, -0.05) is 0 Å². The molecule has 4 rings (SSSR count). The summed E-state index contributed by atoms with van der Waals surface area (Å²) in [5.74, 6) is -1.38. The lowest BCUT2D eigenvalue weighted by Gasteiger charge is -2.16. The summed E-state index contributed by atoms with van der Waals surface area (Å²) >= 11 is 0. The number of benzene rings is 1. The van der Waals surface area contributed by atoms with Crippen LogP contribution in [0.1, 0.15) is 11.4 Å². The summed E-state index contributed by atoms with van der Waals surface area (Å²) in [7, 11) is 1.81. The Labute approximate surface area is 142 Å². The highest BCUT2D eigenvalue weighted by Gasteiger charge is 2.29. The Morgan fingerprint density at radius 1 is 1.20 bits per heavy atom. The second-order valence-corrected chi connectivity index (χ2v) is 5.95. The van der Waals surface area contributed by atoms with Crippen LogP contribution in [-0.2, 0) is 24.8 Å². The third-order valence-corrected chi connectivity index (χ3v) is 4.19. The molecule has 25 heavy (non-hydrogen) atoms. The molecule has 0 saturated heterocycles. The summed E-state index contributed by atoms with van der Waals surface area (Å²) < 4.78 is 28.8. The third kappa shape index (κ3) is 2.77. The van der Waals surface area contributed by atoms with Gasteiger partial charge in [0.15, 0.2) is 0 Å². The number of aromatic nitrogens is 3. The minimum Gasteiger partial charge on any atom is -0.304 e. The number of nitrogens with zero attached hydrogens (tertiary/aromatic N) is 4. The van der Waals surface area contributed by atoms with Gasteiger partial charge in [-0.25, -0.2) is 8.78 Å². The molecule has 0 bridgehead atoms. The average Bonchev–Trinajstić information content (AvgIpc) is 3.11. The molecule has 0 saturated carbocycles. The molecule has 126 valence electrons. The SMILES string of the molecule is Cn1ccc(CN2C(=O)Cc3ncc(-c4ccc(F)cc4F)cc32)n1. The van der Waals surface area contributed by atoms with Gasteiger partial charge in [-0.05, 0) is 24.3 Å². The summed E-state index contributed by atoms with van der Waals surface area (Å²) in [6.07, 6.45) is 3.51. The number of hydrogen-bond donors (Lipinski definition) is 0. The molecule has 1 amide bonds. The molecule has 7 heteroatoms. The number of aryl methyl sites for hydroxylation is 1. The number of hydrogen-bond acceptors (Lipinski definition) is 3. The van der Waals surface area contributed by atoms with Crippen molar-refractivity contribution in [3.8, 4) is 11.1 Å². The van der Waals surface area contributed by atoms with Crippen molar-refractivity contribution < 1.29 is 13.6 Å². The largest absolute Gasteiger partial charge is 0.304 e. The number of carbonyl (C=O) groups excluding carboxylic acids is 1. The van der Waals surface area contributed by atoms with Gasteiger partial charge in [0.2, 0.25) is 5.91 Å². The van der Waals surface area contributed by atoms with Crippen LogP contribution in [0.15, 0.2) is 42.7 Å². The zero-order valence-electron chi connectivity index (χ0n) is 13.4. The molecule has 0 unspecified atom stereocenters. The smallest absolute Gasteiger partial charge is 0.233 e. The number of amides is 1. The van der Waals surface area contributed by atoms with Crippen LogP contribution < -0.4 is 4.90 Å². The van der Waals surface area contributed by atoms with Crippen molar-refractivity contribution >= 4 is 11.6 Å². The molecule has 3 heterocycles. The molecule has 5 nitrogen and oxygen atoms in total. The highest BCUT2D eigenvalue weighted by Crippen LogP contribution is 2.33. The fourth-order valence-corrected chi connectivity index (χ4v) is 2.98. The Morgan fingerprint density at radius 2 is 2.04 bits per heavy atom. The molecule has 1 aliphatic heterocycles. The van der Waals surface area contributed by atoms with Gasteiger partial charge in [-0.3, -0.25) is 14.5 Å². The summed E-state index contributed by atoms with van der Waals surface area (Å²) in [6, 6.07) is 6.95. The number of rotatable bonds is 3. The molecule has 1 aromatic carbocycles. The van der Waals surface area contributed by atoms with E-state index < -0.39 is 11.6 Å². The molecule has 0 radical (unpaired) electrons. The van der Waals surface area contributed by atoms with Crippen LogP contribution in [0, 0.1) is 11.6 Å². The molecule has 0 fully saturated rings. The van der Waals surface area contributed by atoms with E-state index >= 15 is 0 Å². The summed E-state index contributed by atoms with van der Waals surface area (Å²) in [4.78, 5) is 18.2. The molecular formula is C18H14F2N4O. The first kappa shape index (κ1) is 15.4. The van der Waals surface area contributed by atoms with Crippen LogP contribution in [-0.4, -0.2) is 20.7 Å². The van der Waals surface area contributed by atoms with Gasteiger partial charge in [0.05, 0.1) is 30.0 Å². The lowest BCUT2D eigenvalue weighted by Crippen LogP contribution is -2.26. The normalized spacial score (nSPS) is 13.4. The van der Waals surface area contributed by atoms with Gasteiger partial charge in [-0.15, -0.1) is 0 Å². The first-order valence-corrected chi connectivity index (χ1v) is 7.74. The molecule has 0 spiro atoms. The van der Waals surface area contributed by atoms with E-state index in [4.69, 9.17) is 0 Å². The van der Waals surface area contributed by atoms with E-state index in [9.17, 15) is 13.6 Å². The first-order chi connectivity index (χ1) is 12.0. The van der Waals surface area contributed by atoms with Crippen molar-refractivity contribution in [2.24, 2.45) is 7.05 Å². The standard InChI is InChI=1S/C18H14F2N4O/c1-23-5-4-13(22-23)10-24-17-6-11(9-21-16(17)8-18(24)25)14-3-2-12(19)7-15(14)20/h2-7,9H,8,10H2,1H3. The van der Waals surface area contributed by atoms with E-state index in [1.807, 2.05) is 6.07 Å². The molecule has 0 N–H and O–H groups in total. The Balaban J connectivity index is 1.72. The van der Waals surface area contributed by atoms with Crippen molar-refractivity contribution in [2.45, 2.75) is 13.0 Å². The van der Waals surface area contributed by atoms with Gasteiger partial charge in [-0.2, -0.15) is 5.10 Å². The predicted molar refractivity (Wildman–Crippen MR) is 87.7 cm³/mol. The number of halogens is 2. The topological polar surface area (TPSA) is 51.0 Å². The van der Waals surface area contributed by atoms with Gasteiger partial charge in [0.25, 0.3) is 0 Å². The summed E-state index contributed by atoms with van der Waals surface area (Å²) in [5, 5.41) is 4.29. The maximum Gasteiger partial charge on any atom is 0.233 e. The fraction of sp³-hybridized carbons (Fsp3) is 0.167. The third-order valence-electron chi connectivity index (χ3n) is 4.19. The van der Waals surface area contributed by atoms with Crippen LogP contribution in [0.2, 0.25) is 0 Å². The van der Waals surface area contributed by atoms with Crippen LogP contribution in [0.3, 0.4) is 0 Å². The lowest BCUT2D eigenvalue weighted by molar-refractivity contribution is -0.117. The van der Waals surface area contributed by atoms with Crippen molar-refractivity contribution in [3.05, 3.63) is 65.7 Å². The molecule has 0 atom stereocenters. The van der Waals surface area contributed by atoms with Crippen LogP contribution >= 0.6 is 0 Å². The second kappa shape index (κ2) is 5.77. The Bertz CT molecular complexity index is 983. The predicted octanol–water partition coefficient (Wildman–Crippen LogP) is 2.85. The van der Waals surface area contributed by atoms with Gasteiger partial charge < -0.3 is 4.90 Å². The van der Waals surface area contributed by atoms with E-state index in [0.29, 0.717) is 23.5 Å². The number of fused-ring (bicyclic) bond motifs is 1.